The minimum Gasteiger partial charge on any atom is -0.480 e. The molecule has 1 rings (SSSR count). The summed E-state index contributed by atoms with van der Waals surface area (Å²) in [5.41, 5.74) is 0. The molecule has 0 amide bonds. The minimum atomic E-state index is -3.91. The van der Waals surface area contributed by atoms with Crippen LogP contribution in [0.1, 0.15) is 12.2 Å². The van der Waals surface area contributed by atoms with Crippen molar-refractivity contribution in [3.05, 3.63) is 12.0 Å². The van der Waals surface area contributed by atoms with Gasteiger partial charge in [-0.25, -0.2) is 13.4 Å². The molecule has 0 fully saturated rings. The lowest BCUT2D eigenvalue weighted by molar-refractivity contribution is -0.139. The Kier molecular flexibility index (Phi) is 5.39. The van der Waals surface area contributed by atoms with Gasteiger partial charge in [-0.3, -0.25) is 4.79 Å². The van der Waals surface area contributed by atoms with Gasteiger partial charge in [-0.05, 0) is 25.4 Å². The smallest absolute Gasteiger partial charge is 0.321 e. The van der Waals surface area contributed by atoms with Crippen LogP contribution in [-0.2, 0) is 21.9 Å². The second-order valence-corrected chi connectivity index (χ2v) is 6.68. The van der Waals surface area contributed by atoms with Crippen molar-refractivity contribution in [3.8, 4) is 0 Å². The highest BCUT2D eigenvalue weighted by Crippen LogP contribution is 2.10. The van der Waals surface area contributed by atoms with E-state index in [1.807, 2.05) is 6.26 Å². The molecule has 0 bridgehead atoms. The van der Waals surface area contributed by atoms with Crippen molar-refractivity contribution < 1.29 is 18.3 Å². The Labute approximate surface area is 116 Å². The third-order valence-corrected chi connectivity index (χ3v) is 4.55. The first kappa shape index (κ1) is 16.0. The molecule has 1 atom stereocenters. The molecular formula is C10H17N3O4S2. The molecule has 2 N–H and O–H groups in total. The predicted octanol–water partition coefficient (Wildman–Crippen LogP) is 0.213. The van der Waals surface area contributed by atoms with Crippen LogP contribution < -0.4 is 4.72 Å². The Bertz CT molecular complexity index is 534. The van der Waals surface area contributed by atoms with E-state index in [0.29, 0.717) is 11.6 Å². The maximum Gasteiger partial charge on any atom is 0.321 e. The number of rotatable bonds is 7. The van der Waals surface area contributed by atoms with Crippen LogP contribution in [0.5, 0.6) is 0 Å². The van der Waals surface area contributed by atoms with Gasteiger partial charge in [-0.2, -0.15) is 16.5 Å². The van der Waals surface area contributed by atoms with Crippen molar-refractivity contribution >= 4 is 27.8 Å². The average molecular weight is 307 g/mol. The van der Waals surface area contributed by atoms with Crippen LogP contribution in [0.15, 0.2) is 11.2 Å². The van der Waals surface area contributed by atoms with E-state index in [1.54, 1.807) is 18.5 Å². The largest absolute Gasteiger partial charge is 0.480 e. The lowest BCUT2D eigenvalue weighted by Gasteiger charge is -2.12. The Balaban J connectivity index is 2.90. The van der Waals surface area contributed by atoms with Gasteiger partial charge in [0.1, 0.15) is 11.9 Å². The molecule has 1 aromatic rings. The first-order valence-corrected chi connectivity index (χ1v) is 8.39. The number of thioether (sulfide) groups is 1. The van der Waals surface area contributed by atoms with Gasteiger partial charge in [0.2, 0.25) is 0 Å². The third-order valence-electron chi connectivity index (χ3n) is 2.57. The number of carbonyl (C=O) groups is 1. The number of aliphatic carboxylic acids is 1. The molecule has 1 aromatic heterocycles. The fourth-order valence-electron chi connectivity index (χ4n) is 1.37. The van der Waals surface area contributed by atoms with E-state index in [2.05, 4.69) is 9.71 Å². The van der Waals surface area contributed by atoms with E-state index < -0.39 is 22.0 Å². The number of carboxylic acids is 1. The van der Waals surface area contributed by atoms with Crippen molar-refractivity contribution in [1.29, 1.82) is 0 Å². The van der Waals surface area contributed by atoms with Crippen LogP contribution in [0, 0.1) is 6.92 Å². The Morgan fingerprint density at radius 3 is 2.68 bits per heavy atom. The zero-order chi connectivity index (χ0) is 14.6. The molecule has 1 unspecified atom stereocenters. The van der Waals surface area contributed by atoms with Gasteiger partial charge in [-0.15, -0.1) is 0 Å². The summed E-state index contributed by atoms with van der Waals surface area (Å²) in [6.45, 7) is 1.67. The maximum absolute atomic E-state index is 12.0. The summed E-state index contributed by atoms with van der Waals surface area (Å²) in [6.07, 6.45) is 3.40. The molecule has 0 aromatic carbocycles. The number of sulfonamides is 1. The fraction of sp³-hybridized carbons (Fsp3) is 0.600. The second-order valence-electron chi connectivity index (χ2n) is 4.03. The third kappa shape index (κ3) is 4.22. The Morgan fingerprint density at radius 1 is 1.63 bits per heavy atom. The van der Waals surface area contributed by atoms with Crippen LogP contribution in [-0.4, -0.2) is 47.1 Å². The van der Waals surface area contributed by atoms with Gasteiger partial charge in [0.05, 0.1) is 0 Å². The normalized spacial score (nSPS) is 13.4. The van der Waals surface area contributed by atoms with E-state index in [4.69, 9.17) is 5.11 Å². The Morgan fingerprint density at radius 2 is 2.26 bits per heavy atom. The first-order chi connectivity index (χ1) is 8.77. The lowest BCUT2D eigenvalue weighted by atomic mass is 10.2. The van der Waals surface area contributed by atoms with Crippen LogP contribution in [0.3, 0.4) is 0 Å². The number of nitrogens with one attached hydrogen (secondary N) is 1. The van der Waals surface area contributed by atoms with E-state index in [1.165, 1.54) is 18.0 Å². The SMILES string of the molecule is CSCCC(NS(=O)(=O)c1cn(C)c(C)n1)C(=O)O. The second kappa shape index (κ2) is 6.40. The summed E-state index contributed by atoms with van der Waals surface area (Å²) in [4.78, 5) is 14.9. The van der Waals surface area contributed by atoms with Crippen molar-refractivity contribution in [3.63, 3.8) is 0 Å². The first-order valence-electron chi connectivity index (χ1n) is 5.52. The molecule has 0 aliphatic rings. The summed E-state index contributed by atoms with van der Waals surface area (Å²) in [5.74, 6) is -0.0950. The van der Waals surface area contributed by atoms with Gasteiger partial charge in [0, 0.05) is 13.2 Å². The number of aromatic nitrogens is 2. The number of aryl methyl sites for hydroxylation is 2. The summed E-state index contributed by atoms with van der Waals surface area (Å²) in [7, 11) is -2.24. The highest BCUT2D eigenvalue weighted by Gasteiger charge is 2.26. The molecule has 9 heteroatoms. The molecular weight excluding hydrogens is 290 g/mol. The van der Waals surface area contributed by atoms with Gasteiger partial charge in [-0.1, -0.05) is 0 Å². The summed E-state index contributed by atoms with van der Waals surface area (Å²) >= 11 is 1.46. The average Bonchev–Trinajstić information content (AvgIpc) is 2.65. The van der Waals surface area contributed by atoms with Gasteiger partial charge < -0.3 is 9.67 Å². The minimum absolute atomic E-state index is 0.164. The number of nitrogens with zero attached hydrogens (tertiary/aromatic N) is 2. The highest BCUT2D eigenvalue weighted by atomic mass is 32.2. The molecule has 0 saturated heterocycles. The topological polar surface area (TPSA) is 101 Å². The van der Waals surface area contributed by atoms with Gasteiger partial charge >= 0.3 is 5.97 Å². The standard InChI is InChI=1S/C10H17N3O4S2/c1-7-11-9(6-13(7)2)19(16,17)12-8(10(14)15)4-5-18-3/h6,8,12H,4-5H2,1-3H3,(H,14,15). The molecule has 0 spiro atoms. The number of hydrogen-bond acceptors (Lipinski definition) is 5. The fourth-order valence-corrected chi connectivity index (χ4v) is 3.11. The lowest BCUT2D eigenvalue weighted by Crippen LogP contribution is -2.41. The molecule has 0 radical (unpaired) electrons. The number of hydrogen-bond donors (Lipinski definition) is 2. The van der Waals surface area contributed by atoms with Gasteiger partial charge in [0.15, 0.2) is 5.03 Å². The predicted molar refractivity (Wildman–Crippen MR) is 72.7 cm³/mol. The van der Waals surface area contributed by atoms with Crippen LogP contribution in [0.4, 0.5) is 0 Å². The molecule has 108 valence electrons. The van der Waals surface area contributed by atoms with Gasteiger partial charge in [0.25, 0.3) is 10.0 Å². The molecule has 19 heavy (non-hydrogen) atoms. The van der Waals surface area contributed by atoms with Crippen LogP contribution >= 0.6 is 11.8 Å². The molecule has 1 heterocycles. The van der Waals surface area contributed by atoms with Crippen molar-refractivity contribution in [2.45, 2.75) is 24.4 Å². The van der Waals surface area contributed by atoms with E-state index in [0.717, 1.165) is 0 Å². The summed E-state index contributed by atoms with van der Waals surface area (Å²) in [6, 6.07) is -1.14. The monoisotopic (exact) mass is 307 g/mol. The van der Waals surface area contributed by atoms with Crippen molar-refractivity contribution in [1.82, 2.24) is 14.3 Å². The van der Waals surface area contributed by atoms with E-state index in [9.17, 15) is 13.2 Å². The molecule has 7 nitrogen and oxygen atoms in total. The molecule has 0 aliphatic heterocycles. The van der Waals surface area contributed by atoms with E-state index >= 15 is 0 Å². The summed E-state index contributed by atoms with van der Waals surface area (Å²) in [5, 5.41) is 8.84. The van der Waals surface area contributed by atoms with Crippen LogP contribution in [0.2, 0.25) is 0 Å². The van der Waals surface area contributed by atoms with E-state index in [-0.39, 0.29) is 11.4 Å². The van der Waals surface area contributed by atoms with Crippen molar-refractivity contribution in [2.75, 3.05) is 12.0 Å². The molecule has 0 aliphatic carbocycles. The maximum atomic E-state index is 12.0. The highest BCUT2D eigenvalue weighted by molar-refractivity contribution is 7.98. The summed E-state index contributed by atoms with van der Waals surface area (Å²) < 4.78 is 27.8. The van der Waals surface area contributed by atoms with Crippen molar-refractivity contribution in [2.24, 2.45) is 7.05 Å². The number of carboxylic acid groups (broad SMARTS) is 1. The zero-order valence-electron chi connectivity index (χ0n) is 11.0. The quantitative estimate of drug-likeness (QED) is 0.747. The molecule has 0 saturated carbocycles. The Hall–Kier alpha value is -1.06. The number of imidazole rings is 1. The zero-order valence-corrected chi connectivity index (χ0v) is 12.6. The van der Waals surface area contributed by atoms with Crippen LogP contribution in [0.25, 0.3) is 0 Å².